The Morgan fingerprint density at radius 1 is 1.50 bits per heavy atom. The van der Waals surface area contributed by atoms with Gasteiger partial charge >= 0.3 is 0 Å². The van der Waals surface area contributed by atoms with Crippen molar-refractivity contribution in [3.8, 4) is 0 Å². The summed E-state index contributed by atoms with van der Waals surface area (Å²) in [5, 5.41) is 5.48. The van der Waals surface area contributed by atoms with Gasteiger partial charge < -0.3 is 5.32 Å². The maximum atomic E-state index is 11.2. The van der Waals surface area contributed by atoms with Crippen LogP contribution in [0.25, 0.3) is 0 Å². The summed E-state index contributed by atoms with van der Waals surface area (Å²) >= 11 is 0. The van der Waals surface area contributed by atoms with Crippen molar-refractivity contribution in [2.75, 3.05) is 6.54 Å². The van der Waals surface area contributed by atoms with Gasteiger partial charge in [0.2, 0.25) is 11.8 Å². The average Bonchev–Trinajstić information content (AvgIpc) is 2.86. The molecule has 2 rings (SSSR count). The molecule has 1 saturated heterocycles. The van der Waals surface area contributed by atoms with Crippen molar-refractivity contribution in [1.29, 1.82) is 0 Å². The number of hydrogen-bond acceptors (Lipinski definition) is 3. The smallest absolute Gasteiger partial charge is 0.244 e. The topological polar surface area (TPSA) is 58.2 Å². The first-order valence-corrected chi connectivity index (χ1v) is 5.22. The summed E-state index contributed by atoms with van der Waals surface area (Å²) in [5.41, 5.74) is 0.423. The molecule has 1 aliphatic carbocycles. The second-order valence-electron chi connectivity index (χ2n) is 4.40. The molecule has 1 atom stereocenters. The summed E-state index contributed by atoms with van der Waals surface area (Å²) < 4.78 is 0. The van der Waals surface area contributed by atoms with Crippen LogP contribution in [0.15, 0.2) is 0 Å². The first-order valence-electron chi connectivity index (χ1n) is 5.22. The minimum Gasteiger partial charge on any atom is -0.305 e. The summed E-state index contributed by atoms with van der Waals surface area (Å²) in [6.45, 7) is 3.05. The lowest BCUT2D eigenvalue weighted by Crippen LogP contribution is -2.39. The lowest BCUT2D eigenvalue weighted by atomic mass is 10.0. The number of rotatable bonds is 4. The number of hydrogen-bond donors (Lipinski definition) is 2. The largest absolute Gasteiger partial charge is 0.305 e. The number of imide groups is 1. The van der Waals surface area contributed by atoms with Crippen molar-refractivity contribution in [1.82, 2.24) is 10.6 Å². The molecule has 2 amide bonds. The Labute approximate surface area is 83.4 Å². The normalized spacial score (nSPS) is 29.1. The summed E-state index contributed by atoms with van der Waals surface area (Å²) in [6, 6.07) is -0.286. The van der Waals surface area contributed by atoms with Crippen molar-refractivity contribution >= 4 is 11.8 Å². The van der Waals surface area contributed by atoms with Gasteiger partial charge in [0.05, 0.1) is 12.5 Å². The van der Waals surface area contributed by atoms with Crippen LogP contribution in [-0.2, 0) is 9.59 Å². The van der Waals surface area contributed by atoms with Gasteiger partial charge in [0.25, 0.3) is 0 Å². The molecular weight excluding hydrogens is 180 g/mol. The quantitative estimate of drug-likeness (QED) is 0.631. The van der Waals surface area contributed by atoms with Crippen molar-refractivity contribution in [2.45, 2.75) is 38.6 Å². The Morgan fingerprint density at radius 2 is 2.21 bits per heavy atom. The first-order chi connectivity index (χ1) is 6.65. The molecular formula is C10H16N2O2. The fourth-order valence-electron chi connectivity index (χ4n) is 1.89. The van der Waals surface area contributed by atoms with E-state index in [1.165, 1.54) is 12.8 Å². The van der Waals surface area contributed by atoms with Gasteiger partial charge in [-0.2, -0.15) is 0 Å². The van der Waals surface area contributed by atoms with E-state index in [0.717, 1.165) is 13.0 Å². The highest BCUT2D eigenvalue weighted by Crippen LogP contribution is 2.47. The maximum Gasteiger partial charge on any atom is 0.244 e. The van der Waals surface area contributed by atoms with E-state index < -0.39 is 0 Å². The Kier molecular flexibility index (Phi) is 2.31. The van der Waals surface area contributed by atoms with Crippen LogP contribution in [0.5, 0.6) is 0 Å². The van der Waals surface area contributed by atoms with Gasteiger partial charge in [-0.1, -0.05) is 6.92 Å². The molecule has 2 aliphatic rings. The summed E-state index contributed by atoms with van der Waals surface area (Å²) in [6.07, 6.45) is 3.96. The molecule has 1 saturated carbocycles. The minimum absolute atomic E-state index is 0.158. The van der Waals surface area contributed by atoms with E-state index in [0.29, 0.717) is 11.8 Å². The number of amides is 2. The number of carbonyl (C=O) groups excluding carboxylic acids is 2. The SMILES string of the molecule is CCC1(CNC2CC(=O)NC2=O)CC1. The third kappa shape index (κ3) is 1.80. The molecule has 0 aromatic heterocycles. The second-order valence-corrected chi connectivity index (χ2v) is 4.40. The Bertz CT molecular complexity index is 271. The number of nitrogens with one attached hydrogen (secondary N) is 2. The van der Waals surface area contributed by atoms with Gasteiger partial charge in [-0.3, -0.25) is 14.9 Å². The third-order valence-electron chi connectivity index (χ3n) is 3.40. The molecule has 2 fully saturated rings. The molecule has 0 spiro atoms. The van der Waals surface area contributed by atoms with Crippen LogP contribution in [0.1, 0.15) is 32.6 Å². The zero-order chi connectivity index (χ0) is 10.2. The second kappa shape index (κ2) is 3.35. The molecule has 1 unspecified atom stereocenters. The van der Waals surface area contributed by atoms with E-state index in [1.807, 2.05) is 0 Å². The predicted molar refractivity (Wildman–Crippen MR) is 51.5 cm³/mol. The predicted octanol–water partition coefficient (Wildman–Crippen LogP) is 0.181. The van der Waals surface area contributed by atoms with Gasteiger partial charge in [-0.25, -0.2) is 0 Å². The van der Waals surface area contributed by atoms with Crippen LogP contribution >= 0.6 is 0 Å². The van der Waals surface area contributed by atoms with Crippen molar-refractivity contribution in [2.24, 2.45) is 5.41 Å². The van der Waals surface area contributed by atoms with E-state index in [2.05, 4.69) is 17.6 Å². The lowest BCUT2D eigenvalue weighted by molar-refractivity contribution is -0.125. The molecule has 4 nitrogen and oxygen atoms in total. The molecule has 78 valence electrons. The molecule has 1 aliphatic heterocycles. The molecule has 0 aromatic rings. The van der Waals surface area contributed by atoms with E-state index in [-0.39, 0.29) is 17.9 Å². The molecule has 0 aromatic carbocycles. The highest BCUT2D eigenvalue weighted by atomic mass is 16.2. The Hall–Kier alpha value is -0.900. The highest BCUT2D eigenvalue weighted by Gasteiger charge is 2.42. The van der Waals surface area contributed by atoms with Crippen LogP contribution in [0, 0.1) is 5.41 Å². The van der Waals surface area contributed by atoms with E-state index in [1.54, 1.807) is 0 Å². The first kappa shape index (κ1) is 9.65. The van der Waals surface area contributed by atoms with Gasteiger partial charge in [-0.15, -0.1) is 0 Å². The summed E-state index contributed by atoms with van der Waals surface area (Å²) in [4.78, 5) is 22.1. The number of carbonyl (C=O) groups is 2. The molecule has 14 heavy (non-hydrogen) atoms. The van der Waals surface area contributed by atoms with Crippen LogP contribution in [0.4, 0.5) is 0 Å². The van der Waals surface area contributed by atoms with Gasteiger partial charge in [0.1, 0.15) is 0 Å². The van der Waals surface area contributed by atoms with Gasteiger partial charge in [0.15, 0.2) is 0 Å². The molecule has 4 heteroatoms. The monoisotopic (exact) mass is 196 g/mol. The molecule has 1 heterocycles. The fourth-order valence-corrected chi connectivity index (χ4v) is 1.89. The summed E-state index contributed by atoms with van der Waals surface area (Å²) in [5.74, 6) is -0.323. The average molecular weight is 196 g/mol. The third-order valence-corrected chi connectivity index (χ3v) is 3.40. The summed E-state index contributed by atoms with van der Waals surface area (Å²) in [7, 11) is 0. The molecule has 0 radical (unpaired) electrons. The van der Waals surface area contributed by atoms with Crippen LogP contribution in [-0.4, -0.2) is 24.4 Å². The highest BCUT2D eigenvalue weighted by molar-refractivity contribution is 6.05. The Morgan fingerprint density at radius 3 is 2.64 bits per heavy atom. The van der Waals surface area contributed by atoms with Crippen LogP contribution in [0.2, 0.25) is 0 Å². The van der Waals surface area contributed by atoms with E-state index in [9.17, 15) is 9.59 Å². The van der Waals surface area contributed by atoms with Gasteiger partial charge in [-0.05, 0) is 24.7 Å². The minimum atomic E-state index is -0.286. The van der Waals surface area contributed by atoms with Crippen LogP contribution in [0.3, 0.4) is 0 Å². The van der Waals surface area contributed by atoms with Crippen molar-refractivity contribution < 1.29 is 9.59 Å². The fraction of sp³-hybridized carbons (Fsp3) is 0.800. The molecule has 0 bridgehead atoms. The lowest BCUT2D eigenvalue weighted by Gasteiger charge is -2.15. The Balaban J connectivity index is 1.81. The van der Waals surface area contributed by atoms with E-state index in [4.69, 9.17) is 0 Å². The zero-order valence-corrected chi connectivity index (χ0v) is 8.43. The maximum absolute atomic E-state index is 11.2. The van der Waals surface area contributed by atoms with Gasteiger partial charge in [0, 0.05) is 6.54 Å². The zero-order valence-electron chi connectivity index (χ0n) is 8.43. The van der Waals surface area contributed by atoms with E-state index >= 15 is 0 Å². The standard InChI is InChI=1S/C10H16N2O2/c1-2-10(3-4-10)6-11-7-5-8(13)12-9(7)14/h7,11H,2-6H2,1H3,(H,12,13,14). The van der Waals surface area contributed by atoms with Crippen molar-refractivity contribution in [3.05, 3.63) is 0 Å². The molecule has 2 N–H and O–H groups in total. The van der Waals surface area contributed by atoms with Crippen LogP contribution < -0.4 is 10.6 Å². The van der Waals surface area contributed by atoms with Crippen molar-refractivity contribution in [3.63, 3.8) is 0 Å².